The highest BCUT2D eigenvalue weighted by Crippen LogP contribution is 2.31. The van der Waals surface area contributed by atoms with Gasteiger partial charge in [-0.2, -0.15) is 0 Å². The number of pyridine rings is 1. The number of nitrogens with zero attached hydrogens (tertiary/aromatic N) is 2. The predicted octanol–water partition coefficient (Wildman–Crippen LogP) is 1.84. The van der Waals surface area contributed by atoms with Crippen molar-refractivity contribution in [2.45, 2.75) is 37.8 Å². The van der Waals surface area contributed by atoms with Gasteiger partial charge in [-0.1, -0.05) is 0 Å². The van der Waals surface area contributed by atoms with E-state index in [2.05, 4.69) is 33.6 Å². The first kappa shape index (κ1) is 11.8. The maximum absolute atomic E-state index is 4.58. The number of rotatable bonds is 4. The molecule has 0 amide bonds. The number of aromatic nitrogens is 1. The van der Waals surface area contributed by atoms with Gasteiger partial charge in [0.1, 0.15) is 0 Å². The van der Waals surface area contributed by atoms with E-state index in [0.29, 0.717) is 12.1 Å². The number of piperidine rings is 1. The van der Waals surface area contributed by atoms with Crippen molar-refractivity contribution in [1.29, 1.82) is 0 Å². The third-order valence-corrected chi connectivity index (χ3v) is 3.91. The Morgan fingerprint density at radius 1 is 1.28 bits per heavy atom. The molecule has 1 aromatic rings. The summed E-state index contributed by atoms with van der Waals surface area (Å²) in [6.45, 7) is 2.24. The maximum Gasteiger partial charge on any atom is 0.151 e. The Bertz CT molecular complexity index is 397. The molecule has 1 aliphatic heterocycles. The van der Waals surface area contributed by atoms with Crippen LogP contribution in [0.1, 0.15) is 25.7 Å². The maximum atomic E-state index is 4.58. The largest absolute Gasteiger partial charge is 0.379 e. The lowest BCUT2D eigenvalue weighted by Gasteiger charge is -2.33. The summed E-state index contributed by atoms with van der Waals surface area (Å²) in [7, 11) is 2.18. The summed E-state index contributed by atoms with van der Waals surface area (Å²) in [6, 6.07) is 5.46. The van der Waals surface area contributed by atoms with Crippen LogP contribution in [-0.2, 0) is 0 Å². The van der Waals surface area contributed by atoms with E-state index in [1.54, 1.807) is 0 Å². The fourth-order valence-electron chi connectivity index (χ4n) is 2.61. The Labute approximate surface area is 109 Å². The van der Waals surface area contributed by atoms with E-state index in [-0.39, 0.29) is 0 Å². The van der Waals surface area contributed by atoms with Crippen molar-refractivity contribution in [2.24, 2.45) is 0 Å². The Morgan fingerprint density at radius 3 is 2.78 bits per heavy atom. The van der Waals surface area contributed by atoms with Crippen LogP contribution in [-0.4, -0.2) is 37.2 Å². The van der Waals surface area contributed by atoms with Crippen LogP contribution in [0.3, 0.4) is 0 Å². The lowest BCUT2D eigenvalue weighted by atomic mass is 10.1. The molecule has 4 nitrogen and oxygen atoms in total. The van der Waals surface area contributed by atoms with Gasteiger partial charge in [0, 0.05) is 25.3 Å². The highest BCUT2D eigenvalue weighted by Gasteiger charge is 2.25. The summed E-state index contributed by atoms with van der Waals surface area (Å²) >= 11 is 0. The van der Waals surface area contributed by atoms with Crippen LogP contribution < -0.4 is 15.5 Å². The monoisotopic (exact) mass is 246 g/mol. The Kier molecular flexibility index (Phi) is 3.37. The molecule has 1 saturated carbocycles. The molecular formula is C14H22N4. The van der Waals surface area contributed by atoms with E-state index < -0.39 is 0 Å². The van der Waals surface area contributed by atoms with Crippen LogP contribution in [0.5, 0.6) is 0 Å². The van der Waals surface area contributed by atoms with E-state index in [4.69, 9.17) is 0 Å². The second-order valence-corrected chi connectivity index (χ2v) is 5.39. The van der Waals surface area contributed by atoms with E-state index in [0.717, 1.165) is 18.9 Å². The molecule has 98 valence electrons. The molecule has 0 radical (unpaired) electrons. The molecule has 2 aliphatic rings. The first-order valence-electron chi connectivity index (χ1n) is 6.99. The summed E-state index contributed by atoms with van der Waals surface area (Å²) in [5.41, 5.74) is 1.20. The van der Waals surface area contributed by atoms with E-state index in [1.165, 1.54) is 31.4 Å². The van der Waals surface area contributed by atoms with Crippen molar-refractivity contribution in [3.05, 3.63) is 18.3 Å². The van der Waals surface area contributed by atoms with Gasteiger partial charge in [0.05, 0.1) is 5.69 Å². The standard InChI is InChI=1S/C14H22N4/c1-18(12-6-9-15-10-7-12)14-13(3-2-8-16-14)17-11-4-5-11/h2-3,8,11-12,15,17H,4-7,9-10H2,1H3. The summed E-state index contributed by atoms with van der Waals surface area (Å²) in [5.74, 6) is 1.11. The number of nitrogens with one attached hydrogen (secondary N) is 2. The number of hydrogen-bond donors (Lipinski definition) is 2. The molecule has 0 atom stereocenters. The van der Waals surface area contributed by atoms with E-state index >= 15 is 0 Å². The smallest absolute Gasteiger partial charge is 0.151 e. The zero-order valence-corrected chi connectivity index (χ0v) is 11.0. The normalized spacial score (nSPS) is 20.7. The van der Waals surface area contributed by atoms with Crippen LogP contribution in [0.4, 0.5) is 11.5 Å². The highest BCUT2D eigenvalue weighted by atomic mass is 15.2. The lowest BCUT2D eigenvalue weighted by Crippen LogP contribution is -2.41. The van der Waals surface area contributed by atoms with Crippen molar-refractivity contribution in [2.75, 3.05) is 30.4 Å². The molecule has 0 unspecified atom stereocenters. The molecule has 2 fully saturated rings. The molecule has 3 rings (SSSR count). The van der Waals surface area contributed by atoms with Gasteiger partial charge in [0.25, 0.3) is 0 Å². The first-order chi connectivity index (χ1) is 8.84. The third kappa shape index (κ3) is 2.58. The van der Waals surface area contributed by atoms with Gasteiger partial charge in [0.2, 0.25) is 0 Å². The Hall–Kier alpha value is -1.29. The third-order valence-electron chi connectivity index (χ3n) is 3.91. The zero-order valence-electron chi connectivity index (χ0n) is 11.0. The Morgan fingerprint density at radius 2 is 2.06 bits per heavy atom. The molecule has 0 spiro atoms. The van der Waals surface area contributed by atoms with Crippen LogP contribution >= 0.6 is 0 Å². The quantitative estimate of drug-likeness (QED) is 0.850. The summed E-state index contributed by atoms with van der Waals surface area (Å²) in [4.78, 5) is 6.93. The van der Waals surface area contributed by atoms with Crippen LogP contribution in [0.2, 0.25) is 0 Å². The average molecular weight is 246 g/mol. The van der Waals surface area contributed by atoms with Crippen molar-refractivity contribution in [1.82, 2.24) is 10.3 Å². The second-order valence-electron chi connectivity index (χ2n) is 5.39. The molecule has 0 bridgehead atoms. The van der Waals surface area contributed by atoms with Crippen molar-refractivity contribution in [3.63, 3.8) is 0 Å². The van der Waals surface area contributed by atoms with Crippen LogP contribution in [0.15, 0.2) is 18.3 Å². The molecule has 1 aliphatic carbocycles. The summed E-state index contributed by atoms with van der Waals surface area (Å²) in [6.07, 6.45) is 6.90. The highest BCUT2D eigenvalue weighted by molar-refractivity contribution is 5.66. The molecule has 1 saturated heterocycles. The van der Waals surface area contributed by atoms with Crippen molar-refractivity contribution < 1.29 is 0 Å². The van der Waals surface area contributed by atoms with Gasteiger partial charge < -0.3 is 15.5 Å². The van der Waals surface area contributed by atoms with Gasteiger partial charge in [-0.15, -0.1) is 0 Å². The summed E-state index contributed by atoms with van der Waals surface area (Å²) < 4.78 is 0. The topological polar surface area (TPSA) is 40.2 Å². The van der Waals surface area contributed by atoms with Gasteiger partial charge in [-0.05, 0) is 50.9 Å². The average Bonchev–Trinajstić information content (AvgIpc) is 3.24. The molecule has 0 aromatic carbocycles. The zero-order chi connectivity index (χ0) is 12.4. The van der Waals surface area contributed by atoms with E-state index in [9.17, 15) is 0 Å². The molecule has 2 heterocycles. The van der Waals surface area contributed by atoms with Crippen LogP contribution in [0.25, 0.3) is 0 Å². The molecule has 2 N–H and O–H groups in total. The summed E-state index contributed by atoms with van der Waals surface area (Å²) in [5, 5.41) is 7.00. The number of hydrogen-bond acceptors (Lipinski definition) is 4. The van der Waals surface area contributed by atoms with Gasteiger partial charge in [-0.3, -0.25) is 0 Å². The predicted molar refractivity (Wildman–Crippen MR) is 75.2 cm³/mol. The SMILES string of the molecule is CN(c1ncccc1NC1CC1)C1CCNCC1. The molecule has 1 aromatic heterocycles. The Balaban J connectivity index is 1.76. The number of anilines is 2. The van der Waals surface area contributed by atoms with Gasteiger partial charge in [-0.25, -0.2) is 4.98 Å². The minimum absolute atomic E-state index is 0.612. The van der Waals surface area contributed by atoms with Gasteiger partial charge in [0.15, 0.2) is 5.82 Å². The van der Waals surface area contributed by atoms with Gasteiger partial charge >= 0.3 is 0 Å². The molecule has 18 heavy (non-hydrogen) atoms. The second kappa shape index (κ2) is 5.14. The van der Waals surface area contributed by atoms with Crippen LogP contribution in [0, 0.1) is 0 Å². The van der Waals surface area contributed by atoms with Crippen molar-refractivity contribution >= 4 is 11.5 Å². The molecular weight excluding hydrogens is 224 g/mol. The molecule has 4 heteroatoms. The van der Waals surface area contributed by atoms with E-state index in [1.807, 2.05) is 12.3 Å². The first-order valence-corrected chi connectivity index (χ1v) is 6.99. The lowest BCUT2D eigenvalue weighted by molar-refractivity contribution is 0.442. The fraction of sp³-hybridized carbons (Fsp3) is 0.643. The van der Waals surface area contributed by atoms with Crippen molar-refractivity contribution in [3.8, 4) is 0 Å². The minimum atomic E-state index is 0.612. The minimum Gasteiger partial charge on any atom is -0.379 e. The fourth-order valence-corrected chi connectivity index (χ4v) is 2.61.